The number of hydrogen-bond acceptors (Lipinski definition) is 7. The Labute approximate surface area is 199 Å². The minimum Gasteiger partial charge on any atom is -0.480 e. The van der Waals surface area contributed by atoms with Gasteiger partial charge in [0.15, 0.2) is 5.69 Å². The highest BCUT2D eigenvalue weighted by Crippen LogP contribution is 2.34. The third-order valence-electron chi connectivity index (χ3n) is 5.43. The summed E-state index contributed by atoms with van der Waals surface area (Å²) in [5, 5.41) is 18.7. The summed E-state index contributed by atoms with van der Waals surface area (Å²) in [4.78, 5) is 28.1. The predicted molar refractivity (Wildman–Crippen MR) is 122 cm³/mol. The van der Waals surface area contributed by atoms with E-state index in [4.69, 9.17) is 16.3 Å². The number of anilines is 2. The minimum absolute atomic E-state index is 0.00617. The highest BCUT2D eigenvalue weighted by molar-refractivity contribution is 6.31. The summed E-state index contributed by atoms with van der Waals surface area (Å²) in [5.41, 5.74) is 0.642. The molecule has 3 N–H and O–H groups in total. The van der Waals surface area contributed by atoms with E-state index < -0.39 is 30.2 Å². The third kappa shape index (κ3) is 5.63. The molecule has 1 amide bonds. The molecule has 2 aromatic heterocycles. The summed E-state index contributed by atoms with van der Waals surface area (Å²) in [6.45, 7) is 1.63. The number of carbonyl (C=O) groups is 2. The van der Waals surface area contributed by atoms with Crippen LogP contribution in [-0.2, 0) is 9.53 Å². The number of amides is 1. The molecular formula is C23H22ClFN4O5. The van der Waals surface area contributed by atoms with E-state index in [9.17, 15) is 19.1 Å². The molecule has 11 heteroatoms. The lowest BCUT2D eigenvalue weighted by Crippen LogP contribution is -2.30. The zero-order chi connectivity index (χ0) is 24.2. The lowest BCUT2D eigenvalue weighted by molar-refractivity contribution is -0.138. The molecule has 3 aromatic rings. The van der Waals surface area contributed by atoms with Crippen molar-refractivity contribution in [2.75, 3.05) is 10.6 Å². The zero-order valence-corrected chi connectivity index (χ0v) is 18.9. The Balaban J connectivity index is 1.44. The fourth-order valence-corrected chi connectivity index (χ4v) is 3.73. The summed E-state index contributed by atoms with van der Waals surface area (Å²) in [7, 11) is 0. The number of nitrogens with zero attached hydrogens (tertiary/aromatic N) is 2. The van der Waals surface area contributed by atoms with Gasteiger partial charge in [-0.25, -0.2) is 14.6 Å². The molecule has 2 heterocycles. The van der Waals surface area contributed by atoms with E-state index in [0.717, 1.165) is 12.8 Å². The Morgan fingerprint density at radius 2 is 2.06 bits per heavy atom. The molecule has 1 saturated carbocycles. The number of halogens is 2. The topological polar surface area (TPSA) is 127 Å². The van der Waals surface area contributed by atoms with Crippen LogP contribution in [0, 0.1) is 11.9 Å². The molecule has 1 fully saturated rings. The number of nitrogens with one attached hydrogen (secondary N) is 2. The van der Waals surface area contributed by atoms with Crippen molar-refractivity contribution in [2.24, 2.45) is 5.92 Å². The molecular weight excluding hydrogens is 467 g/mol. The SMILES string of the molecule is CC(OC(=O)Nc1c(-c2ccc(NC(CC3CC3)C(=O)O)nc2)noc1F)c1ccccc1Cl. The Morgan fingerprint density at radius 3 is 2.71 bits per heavy atom. The predicted octanol–water partition coefficient (Wildman–Crippen LogP) is 5.50. The summed E-state index contributed by atoms with van der Waals surface area (Å²) in [6, 6.07) is 8.15. The first kappa shape index (κ1) is 23.5. The van der Waals surface area contributed by atoms with Gasteiger partial charge in [-0.2, -0.15) is 4.39 Å². The Bertz CT molecular complexity index is 1180. The van der Waals surface area contributed by atoms with Crippen LogP contribution in [0.1, 0.15) is 37.9 Å². The van der Waals surface area contributed by atoms with Crippen LogP contribution in [0.15, 0.2) is 47.1 Å². The number of carboxylic acids is 1. The van der Waals surface area contributed by atoms with Gasteiger partial charge in [-0.3, -0.25) is 5.32 Å². The molecule has 1 aliphatic rings. The molecule has 0 spiro atoms. The van der Waals surface area contributed by atoms with Crippen molar-refractivity contribution in [3.05, 3.63) is 59.2 Å². The normalized spacial score (nSPS) is 14.8. The highest BCUT2D eigenvalue weighted by atomic mass is 35.5. The van der Waals surface area contributed by atoms with E-state index in [1.54, 1.807) is 43.3 Å². The third-order valence-corrected chi connectivity index (χ3v) is 5.77. The van der Waals surface area contributed by atoms with Gasteiger partial charge in [-0.05, 0) is 37.5 Å². The van der Waals surface area contributed by atoms with Gasteiger partial charge in [0.05, 0.1) is 0 Å². The van der Waals surface area contributed by atoms with Crippen molar-refractivity contribution >= 4 is 35.2 Å². The molecule has 4 rings (SSSR count). The van der Waals surface area contributed by atoms with Gasteiger partial charge in [0.25, 0.3) is 0 Å². The molecule has 178 valence electrons. The molecule has 0 saturated heterocycles. The first-order valence-electron chi connectivity index (χ1n) is 10.6. The summed E-state index contributed by atoms with van der Waals surface area (Å²) in [5.74, 6) is -0.185. The van der Waals surface area contributed by atoms with Crippen molar-refractivity contribution < 1.29 is 28.3 Å². The summed E-state index contributed by atoms with van der Waals surface area (Å²) >= 11 is 6.12. The number of benzene rings is 1. The van der Waals surface area contributed by atoms with E-state index in [0.29, 0.717) is 34.3 Å². The van der Waals surface area contributed by atoms with Crippen LogP contribution in [0.2, 0.25) is 5.02 Å². The quantitative estimate of drug-likeness (QED) is 0.360. The van der Waals surface area contributed by atoms with E-state index in [1.165, 1.54) is 6.20 Å². The van der Waals surface area contributed by atoms with E-state index in [2.05, 4.69) is 25.3 Å². The number of rotatable bonds is 9. The molecule has 0 radical (unpaired) electrons. The molecule has 1 aromatic carbocycles. The number of carbonyl (C=O) groups excluding carboxylic acids is 1. The first-order chi connectivity index (χ1) is 16.3. The van der Waals surface area contributed by atoms with Crippen molar-refractivity contribution in [2.45, 2.75) is 38.3 Å². The molecule has 2 unspecified atom stereocenters. The smallest absolute Gasteiger partial charge is 0.412 e. The average Bonchev–Trinajstić information content (AvgIpc) is 3.56. The molecule has 34 heavy (non-hydrogen) atoms. The fraction of sp³-hybridized carbons (Fsp3) is 0.304. The van der Waals surface area contributed by atoms with Crippen LogP contribution in [0.4, 0.5) is 20.7 Å². The summed E-state index contributed by atoms with van der Waals surface area (Å²) in [6.07, 6.45) is 2.35. The Morgan fingerprint density at radius 1 is 1.29 bits per heavy atom. The van der Waals surface area contributed by atoms with Crippen LogP contribution >= 0.6 is 11.6 Å². The van der Waals surface area contributed by atoms with Crippen molar-refractivity contribution in [3.63, 3.8) is 0 Å². The standard InChI is InChI=1S/C23H22ClFN4O5/c1-12(15-4-2-3-5-16(15)24)33-23(32)28-20-19(29-34-21(20)25)14-8-9-18(26-11-14)27-17(22(30)31)10-13-6-7-13/h2-5,8-9,11-13,17H,6-7,10H2,1H3,(H,26,27)(H,28,32)(H,30,31). The molecule has 9 nitrogen and oxygen atoms in total. The maximum atomic E-state index is 14.2. The van der Waals surface area contributed by atoms with E-state index >= 15 is 0 Å². The lowest BCUT2D eigenvalue weighted by Gasteiger charge is -2.15. The maximum Gasteiger partial charge on any atom is 0.412 e. The molecule has 1 aliphatic carbocycles. The average molecular weight is 489 g/mol. The second-order valence-corrected chi connectivity index (χ2v) is 8.43. The van der Waals surface area contributed by atoms with Crippen LogP contribution in [0.5, 0.6) is 0 Å². The number of carboxylic acid groups (broad SMARTS) is 1. The second kappa shape index (κ2) is 10.1. The van der Waals surface area contributed by atoms with Crippen LogP contribution in [-0.4, -0.2) is 33.4 Å². The van der Waals surface area contributed by atoms with Crippen LogP contribution in [0.3, 0.4) is 0 Å². The second-order valence-electron chi connectivity index (χ2n) is 8.02. The Hall–Kier alpha value is -3.66. The van der Waals surface area contributed by atoms with Crippen LogP contribution < -0.4 is 10.6 Å². The van der Waals surface area contributed by atoms with Gasteiger partial charge in [0.2, 0.25) is 0 Å². The molecule has 0 aliphatic heterocycles. The lowest BCUT2D eigenvalue weighted by atomic mass is 10.1. The molecule has 0 bridgehead atoms. The largest absolute Gasteiger partial charge is 0.480 e. The number of aromatic nitrogens is 2. The summed E-state index contributed by atoms with van der Waals surface area (Å²) < 4.78 is 24.1. The Kier molecular flexibility index (Phi) is 6.97. The van der Waals surface area contributed by atoms with E-state index in [1.807, 2.05) is 0 Å². The van der Waals surface area contributed by atoms with Crippen molar-refractivity contribution in [1.82, 2.24) is 10.1 Å². The van der Waals surface area contributed by atoms with Gasteiger partial charge in [0.1, 0.15) is 23.7 Å². The number of aliphatic carboxylic acids is 1. The van der Waals surface area contributed by atoms with Gasteiger partial charge in [-0.15, -0.1) is 0 Å². The number of ether oxygens (including phenoxy) is 1. The van der Waals surface area contributed by atoms with Gasteiger partial charge < -0.3 is 19.7 Å². The zero-order valence-electron chi connectivity index (χ0n) is 18.1. The van der Waals surface area contributed by atoms with Crippen LogP contribution in [0.25, 0.3) is 11.3 Å². The first-order valence-corrected chi connectivity index (χ1v) is 11.0. The van der Waals surface area contributed by atoms with Crippen molar-refractivity contribution in [3.8, 4) is 11.3 Å². The fourth-order valence-electron chi connectivity index (χ4n) is 3.44. The van der Waals surface area contributed by atoms with Gasteiger partial charge in [-0.1, -0.05) is 47.8 Å². The monoisotopic (exact) mass is 488 g/mol. The van der Waals surface area contributed by atoms with Gasteiger partial charge >= 0.3 is 18.1 Å². The van der Waals surface area contributed by atoms with E-state index in [-0.39, 0.29) is 11.4 Å². The number of hydrogen-bond donors (Lipinski definition) is 3. The highest BCUT2D eigenvalue weighted by Gasteiger charge is 2.29. The minimum atomic E-state index is -1.10. The van der Waals surface area contributed by atoms with Gasteiger partial charge in [0, 0.05) is 22.3 Å². The maximum absolute atomic E-state index is 14.2. The molecule has 2 atom stereocenters. The van der Waals surface area contributed by atoms with Crippen molar-refractivity contribution in [1.29, 1.82) is 0 Å². The number of pyridine rings is 1.